The number of nitrogens with zero attached hydrogens (tertiary/aromatic N) is 3. The van der Waals surface area contributed by atoms with E-state index in [-0.39, 0.29) is 5.69 Å². The second-order valence-electron chi connectivity index (χ2n) is 4.85. The highest BCUT2D eigenvalue weighted by Gasteiger charge is 2.21. The summed E-state index contributed by atoms with van der Waals surface area (Å²) < 4.78 is 1.49. The monoisotopic (exact) mass is 313 g/mol. The lowest BCUT2D eigenvalue weighted by Gasteiger charge is -2.08. The van der Waals surface area contributed by atoms with Crippen molar-refractivity contribution in [3.8, 4) is 16.9 Å². The van der Waals surface area contributed by atoms with Crippen LogP contribution in [0.5, 0.6) is 0 Å². The third kappa shape index (κ3) is 2.58. The molecule has 0 bridgehead atoms. The fraction of sp³-hybridized carbons (Fsp3) is 0.0625. The average Bonchev–Trinajstić information content (AvgIpc) is 2.93. The number of halogens is 1. The van der Waals surface area contributed by atoms with Crippen molar-refractivity contribution < 1.29 is 9.90 Å². The van der Waals surface area contributed by atoms with Gasteiger partial charge in [-0.15, -0.1) is 5.10 Å². The van der Waals surface area contributed by atoms with Gasteiger partial charge in [0.2, 0.25) is 0 Å². The Morgan fingerprint density at radius 2 is 1.91 bits per heavy atom. The molecule has 1 N–H and O–H groups in total. The molecule has 5 nitrogen and oxygen atoms in total. The van der Waals surface area contributed by atoms with Crippen molar-refractivity contribution in [1.29, 1.82) is 0 Å². The second kappa shape index (κ2) is 5.61. The van der Waals surface area contributed by atoms with Crippen LogP contribution < -0.4 is 0 Å². The lowest BCUT2D eigenvalue weighted by atomic mass is 10.1. The summed E-state index contributed by atoms with van der Waals surface area (Å²) in [6, 6.07) is 14.5. The van der Waals surface area contributed by atoms with E-state index in [0.717, 1.165) is 11.1 Å². The van der Waals surface area contributed by atoms with Crippen molar-refractivity contribution in [3.05, 3.63) is 64.8 Å². The molecule has 0 aliphatic heterocycles. The first-order valence-electron chi connectivity index (χ1n) is 6.58. The second-order valence-corrected chi connectivity index (χ2v) is 5.29. The van der Waals surface area contributed by atoms with Crippen LogP contribution >= 0.6 is 11.6 Å². The summed E-state index contributed by atoms with van der Waals surface area (Å²) in [7, 11) is 0. The van der Waals surface area contributed by atoms with Crippen LogP contribution in [0, 0.1) is 6.92 Å². The summed E-state index contributed by atoms with van der Waals surface area (Å²) in [5, 5.41) is 17.7. The molecular formula is C16H12ClN3O2. The zero-order valence-corrected chi connectivity index (χ0v) is 12.4. The van der Waals surface area contributed by atoms with Crippen LogP contribution in [0.1, 0.15) is 16.1 Å². The molecule has 2 aromatic carbocycles. The van der Waals surface area contributed by atoms with Gasteiger partial charge in [0.1, 0.15) is 5.69 Å². The Labute approximate surface area is 131 Å². The van der Waals surface area contributed by atoms with E-state index < -0.39 is 5.97 Å². The molecule has 1 heterocycles. The third-order valence-corrected chi connectivity index (χ3v) is 3.49. The predicted octanol–water partition coefficient (Wildman–Crippen LogP) is 3.59. The zero-order valence-electron chi connectivity index (χ0n) is 11.7. The number of hydrogen-bond donors (Lipinski definition) is 1. The van der Waals surface area contributed by atoms with Crippen LogP contribution in [0.3, 0.4) is 0 Å². The normalized spacial score (nSPS) is 10.6. The zero-order chi connectivity index (χ0) is 15.7. The maximum atomic E-state index is 11.4. The van der Waals surface area contributed by atoms with Gasteiger partial charge in [-0.1, -0.05) is 52.7 Å². The number of aryl methyl sites for hydroxylation is 1. The van der Waals surface area contributed by atoms with Crippen molar-refractivity contribution >= 4 is 17.6 Å². The van der Waals surface area contributed by atoms with Gasteiger partial charge >= 0.3 is 5.97 Å². The minimum Gasteiger partial charge on any atom is -0.476 e. The maximum Gasteiger partial charge on any atom is 0.358 e. The van der Waals surface area contributed by atoms with Gasteiger partial charge in [-0.05, 0) is 25.1 Å². The summed E-state index contributed by atoms with van der Waals surface area (Å²) in [4.78, 5) is 11.4. The number of aromatic carboxylic acids is 1. The number of carbonyl (C=O) groups is 1. The Balaban J connectivity index is 2.24. The minimum absolute atomic E-state index is 0.0937. The fourth-order valence-corrected chi connectivity index (χ4v) is 2.37. The standard InChI is InChI=1S/C16H12ClN3O2/c1-10-5-7-11(8-6-10)15-14(16(21)22)18-19-20(15)13-4-2-3-12(17)9-13/h2-9H,1H3,(H,21,22). The fourth-order valence-electron chi connectivity index (χ4n) is 2.18. The molecule has 3 rings (SSSR count). The van der Waals surface area contributed by atoms with E-state index in [0.29, 0.717) is 16.4 Å². The van der Waals surface area contributed by atoms with E-state index >= 15 is 0 Å². The number of carboxylic acids is 1. The van der Waals surface area contributed by atoms with Crippen LogP contribution in [0.2, 0.25) is 5.02 Å². The lowest BCUT2D eigenvalue weighted by molar-refractivity contribution is 0.0691. The third-order valence-electron chi connectivity index (χ3n) is 3.25. The number of hydrogen-bond acceptors (Lipinski definition) is 3. The molecule has 0 atom stereocenters. The minimum atomic E-state index is -1.12. The van der Waals surface area contributed by atoms with Crippen molar-refractivity contribution in [3.63, 3.8) is 0 Å². The molecule has 0 amide bonds. The number of aromatic nitrogens is 3. The van der Waals surface area contributed by atoms with Crippen LogP contribution in [0.4, 0.5) is 0 Å². The molecule has 3 aromatic rings. The Hall–Kier alpha value is -2.66. The molecule has 0 spiro atoms. The van der Waals surface area contributed by atoms with Crippen LogP contribution in [-0.4, -0.2) is 26.1 Å². The van der Waals surface area contributed by atoms with E-state index in [2.05, 4.69) is 10.3 Å². The quantitative estimate of drug-likeness (QED) is 0.802. The van der Waals surface area contributed by atoms with E-state index in [1.807, 2.05) is 31.2 Å². The first-order chi connectivity index (χ1) is 10.6. The number of rotatable bonds is 3. The number of carboxylic acid groups (broad SMARTS) is 1. The molecular weight excluding hydrogens is 302 g/mol. The summed E-state index contributed by atoms with van der Waals surface area (Å²) in [6.07, 6.45) is 0. The van der Waals surface area contributed by atoms with Crippen molar-refractivity contribution in [2.75, 3.05) is 0 Å². The largest absolute Gasteiger partial charge is 0.476 e. The van der Waals surface area contributed by atoms with Gasteiger partial charge in [0.05, 0.1) is 5.69 Å². The van der Waals surface area contributed by atoms with Gasteiger partial charge in [-0.3, -0.25) is 0 Å². The van der Waals surface area contributed by atoms with E-state index in [1.54, 1.807) is 24.3 Å². The van der Waals surface area contributed by atoms with Gasteiger partial charge in [-0.2, -0.15) is 0 Å². The Kier molecular flexibility index (Phi) is 3.65. The Bertz CT molecular complexity index is 841. The predicted molar refractivity (Wildman–Crippen MR) is 83.5 cm³/mol. The highest BCUT2D eigenvalue weighted by Crippen LogP contribution is 2.26. The summed E-state index contributed by atoms with van der Waals surface area (Å²) in [6.45, 7) is 1.97. The maximum absolute atomic E-state index is 11.4. The Morgan fingerprint density at radius 1 is 1.18 bits per heavy atom. The van der Waals surface area contributed by atoms with E-state index in [4.69, 9.17) is 11.6 Å². The average molecular weight is 314 g/mol. The van der Waals surface area contributed by atoms with Gasteiger partial charge in [0, 0.05) is 10.6 Å². The molecule has 0 aliphatic carbocycles. The first kappa shape index (κ1) is 14.3. The lowest BCUT2D eigenvalue weighted by Crippen LogP contribution is -2.03. The highest BCUT2D eigenvalue weighted by atomic mass is 35.5. The topological polar surface area (TPSA) is 68.0 Å². The summed E-state index contributed by atoms with van der Waals surface area (Å²) >= 11 is 6.01. The molecule has 0 saturated carbocycles. The molecule has 110 valence electrons. The van der Waals surface area contributed by atoms with Crippen LogP contribution in [0.25, 0.3) is 16.9 Å². The van der Waals surface area contributed by atoms with E-state index in [1.165, 1.54) is 4.68 Å². The molecule has 0 aliphatic rings. The van der Waals surface area contributed by atoms with Crippen molar-refractivity contribution in [1.82, 2.24) is 15.0 Å². The molecule has 6 heteroatoms. The van der Waals surface area contributed by atoms with Crippen molar-refractivity contribution in [2.24, 2.45) is 0 Å². The van der Waals surface area contributed by atoms with Gasteiger partial charge in [-0.25, -0.2) is 9.48 Å². The Morgan fingerprint density at radius 3 is 2.55 bits per heavy atom. The van der Waals surface area contributed by atoms with Crippen LogP contribution in [-0.2, 0) is 0 Å². The molecule has 0 radical (unpaired) electrons. The van der Waals surface area contributed by atoms with Gasteiger partial charge in [0.15, 0.2) is 5.69 Å². The highest BCUT2D eigenvalue weighted by molar-refractivity contribution is 6.30. The SMILES string of the molecule is Cc1ccc(-c2c(C(=O)O)nnn2-c2cccc(Cl)c2)cc1. The van der Waals surface area contributed by atoms with Gasteiger partial charge in [0.25, 0.3) is 0 Å². The molecule has 1 aromatic heterocycles. The molecule has 0 fully saturated rings. The molecule has 0 unspecified atom stereocenters. The van der Waals surface area contributed by atoms with Gasteiger partial charge < -0.3 is 5.11 Å². The summed E-state index contributed by atoms with van der Waals surface area (Å²) in [5.74, 6) is -1.12. The molecule has 22 heavy (non-hydrogen) atoms. The number of benzene rings is 2. The van der Waals surface area contributed by atoms with Crippen LogP contribution in [0.15, 0.2) is 48.5 Å². The van der Waals surface area contributed by atoms with E-state index in [9.17, 15) is 9.90 Å². The van der Waals surface area contributed by atoms with Crippen molar-refractivity contribution in [2.45, 2.75) is 6.92 Å². The molecule has 0 saturated heterocycles. The summed E-state index contributed by atoms with van der Waals surface area (Å²) in [5.41, 5.74) is 2.80. The first-order valence-corrected chi connectivity index (χ1v) is 6.96. The smallest absolute Gasteiger partial charge is 0.358 e.